The Morgan fingerprint density at radius 3 is 2.80 bits per heavy atom. The van der Waals surface area contributed by atoms with Crippen LogP contribution in [0.3, 0.4) is 0 Å². The molecule has 1 unspecified atom stereocenters. The van der Waals surface area contributed by atoms with E-state index in [0.29, 0.717) is 12.1 Å². The van der Waals surface area contributed by atoms with Crippen molar-refractivity contribution in [3.63, 3.8) is 0 Å². The summed E-state index contributed by atoms with van der Waals surface area (Å²) < 4.78 is 27.5. The Balaban J connectivity index is 1.72. The van der Waals surface area contributed by atoms with Gasteiger partial charge in [0.1, 0.15) is 11.6 Å². The van der Waals surface area contributed by atoms with Gasteiger partial charge in [-0.25, -0.2) is 8.78 Å². The van der Waals surface area contributed by atoms with Crippen molar-refractivity contribution < 1.29 is 8.78 Å². The first kappa shape index (κ1) is 13.7. The van der Waals surface area contributed by atoms with E-state index in [0.717, 1.165) is 23.4 Å². The minimum Gasteiger partial charge on any atom is -0.306 e. The van der Waals surface area contributed by atoms with Crippen LogP contribution < -0.4 is 5.32 Å². The second-order valence-corrected chi connectivity index (χ2v) is 5.97. The molecule has 0 aromatic heterocycles. The van der Waals surface area contributed by atoms with Crippen molar-refractivity contribution in [2.45, 2.75) is 25.4 Å². The Morgan fingerprint density at radius 1 is 1.15 bits per heavy atom. The largest absolute Gasteiger partial charge is 0.306 e. The van der Waals surface area contributed by atoms with Crippen LogP contribution in [0.25, 0.3) is 0 Å². The van der Waals surface area contributed by atoms with Gasteiger partial charge < -0.3 is 5.32 Å². The molecule has 104 valence electrons. The van der Waals surface area contributed by atoms with Crippen molar-refractivity contribution in [3.05, 3.63) is 69.2 Å². The summed E-state index contributed by atoms with van der Waals surface area (Å²) in [5.74, 6) is -1.03. The molecule has 1 atom stereocenters. The van der Waals surface area contributed by atoms with Gasteiger partial charge in [0.25, 0.3) is 0 Å². The molecule has 2 aromatic carbocycles. The summed E-state index contributed by atoms with van der Waals surface area (Å²) >= 11 is 3.47. The van der Waals surface area contributed by atoms with Crippen LogP contribution in [0.15, 0.2) is 40.9 Å². The third-order valence-electron chi connectivity index (χ3n) is 3.74. The fourth-order valence-electron chi connectivity index (χ4n) is 2.70. The van der Waals surface area contributed by atoms with Gasteiger partial charge in [-0.2, -0.15) is 0 Å². The van der Waals surface area contributed by atoms with Crippen LogP contribution in [-0.4, -0.2) is 0 Å². The van der Waals surface area contributed by atoms with Crippen molar-refractivity contribution in [3.8, 4) is 0 Å². The molecule has 0 bridgehead atoms. The van der Waals surface area contributed by atoms with Crippen LogP contribution in [0.2, 0.25) is 0 Å². The quantitative estimate of drug-likeness (QED) is 0.869. The van der Waals surface area contributed by atoms with Gasteiger partial charge in [-0.05, 0) is 42.2 Å². The fraction of sp³-hybridized carbons (Fsp3) is 0.250. The van der Waals surface area contributed by atoms with E-state index in [1.54, 1.807) is 0 Å². The Morgan fingerprint density at radius 2 is 2.00 bits per heavy atom. The van der Waals surface area contributed by atoms with Crippen LogP contribution in [0, 0.1) is 11.6 Å². The Hall–Kier alpha value is -1.26. The van der Waals surface area contributed by atoms with Crippen molar-refractivity contribution in [2.75, 3.05) is 0 Å². The number of halogens is 3. The molecule has 2 aromatic rings. The lowest BCUT2D eigenvalue weighted by molar-refractivity contribution is 0.508. The standard InChI is InChI=1S/C16H14BrF2N/c17-12-3-5-14-10(7-12)2-6-16(14)20-9-11-1-4-13(18)8-15(11)19/h1,3-5,7-8,16,20H,2,6,9H2. The molecule has 4 heteroatoms. The molecule has 20 heavy (non-hydrogen) atoms. The van der Waals surface area contributed by atoms with Gasteiger partial charge in [0, 0.05) is 28.7 Å². The van der Waals surface area contributed by atoms with Crippen LogP contribution >= 0.6 is 15.9 Å². The van der Waals surface area contributed by atoms with Gasteiger partial charge in [-0.1, -0.05) is 28.1 Å². The van der Waals surface area contributed by atoms with Crippen LogP contribution in [0.5, 0.6) is 0 Å². The zero-order valence-corrected chi connectivity index (χ0v) is 12.4. The molecule has 0 aliphatic heterocycles. The molecule has 0 heterocycles. The maximum absolute atomic E-state index is 13.6. The minimum atomic E-state index is -0.540. The lowest BCUT2D eigenvalue weighted by Crippen LogP contribution is -2.19. The number of benzene rings is 2. The number of hydrogen-bond acceptors (Lipinski definition) is 1. The van der Waals surface area contributed by atoms with E-state index in [-0.39, 0.29) is 6.04 Å². The SMILES string of the molecule is Fc1ccc(CNC2CCc3cc(Br)ccc32)c(F)c1. The van der Waals surface area contributed by atoms with Crippen LogP contribution in [0.4, 0.5) is 8.78 Å². The van der Waals surface area contributed by atoms with E-state index in [4.69, 9.17) is 0 Å². The highest BCUT2D eigenvalue weighted by Crippen LogP contribution is 2.33. The van der Waals surface area contributed by atoms with Gasteiger partial charge in [-0.15, -0.1) is 0 Å². The first-order valence-corrected chi connectivity index (χ1v) is 7.38. The summed E-state index contributed by atoms with van der Waals surface area (Å²) in [6.07, 6.45) is 2.03. The number of aryl methyl sites for hydroxylation is 1. The zero-order valence-electron chi connectivity index (χ0n) is 10.8. The van der Waals surface area contributed by atoms with E-state index in [1.807, 2.05) is 6.07 Å². The van der Waals surface area contributed by atoms with Gasteiger partial charge in [0.2, 0.25) is 0 Å². The first-order chi connectivity index (χ1) is 9.63. The molecule has 0 saturated carbocycles. The normalized spacial score (nSPS) is 17.2. The van der Waals surface area contributed by atoms with Gasteiger partial charge >= 0.3 is 0 Å². The highest BCUT2D eigenvalue weighted by molar-refractivity contribution is 9.10. The lowest BCUT2D eigenvalue weighted by Gasteiger charge is -2.14. The van der Waals surface area contributed by atoms with E-state index < -0.39 is 11.6 Å². The average molecular weight is 338 g/mol. The maximum Gasteiger partial charge on any atom is 0.130 e. The lowest BCUT2D eigenvalue weighted by atomic mass is 10.1. The summed E-state index contributed by atoms with van der Waals surface area (Å²) in [7, 11) is 0. The summed E-state index contributed by atoms with van der Waals surface area (Å²) in [5.41, 5.74) is 3.10. The Labute approximate surface area is 125 Å². The smallest absolute Gasteiger partial charge is 0.130 e. The van der Waals surface area contributed by atoms with Gasteiger partial charge in [0.05, 0.1) is 0 Å². The summed E-state index contributed by atoms with van der Waals surface area (Å²) in [4.78, 5) is 0. The van der Waals surface area contributed by atoms with Crippen LogP contribution in [-0.2, 0) is 13.0 Å². The fourth-order valence-corrected chi connectivity index (χ4v) is 3.10. The van der Waals surface area contributed by atoms with Crippen molar-refractivity contribution in [1.29, 1.82) is 0 Å². The van der Waals surface area contributed by atoms with Gasteiger partial charge in [-0.3, -0.25) is 0 Å². The molecular formula is C16H14BrF2N. The summed E-state index contributed by atoms with van der Waals surface area (Å²) in [6.45, 7) is 0.409. The number of fused-ring (bicyclic) bond motifs is 1. The highest BCUT2D eigenvalue weighted by Gasteiger charge is 2.22. The van der Waals surface area contributed by atoms with E-state index in [2.05, 4.69) is 33.4 Å². The predicted octanol–water partition coefficient (Wildman–Crippen LogP) is 4.50. The molecule has 0 fully saturated rings. The molecule has 1 aliphatic carbocycles. The third-order valence-corrected chi connectivity index (χ3v) is 4.23. The third kappa shape index (κ3) is 2.76. The first-order valence-electron chi connectivity index (χ1n) is 6.59. The zero-order chi connectivity index (χ0) is 14.1. The van der Waals surface area contributed by atoms with Crippen molar-refractivity contribution in [2.24, 2.45) is 0 Å². The second-order valence-electron chi connectivity index (χ2n) is 5.05. The maximum atomic E-state index is 13.6. The van der Waals surface area contributed by atoms with E-state index >= 15 is 0 Å². The Kier molecular flexibility index (Phi) is 3.85. The van der Waals surface area contributed by atoms with Crippen molar-refractivity contribution >= 4 is 15.9 Å². The molecule has 0 spiro atoms. The number of nitrogens with one attached hydrogen (secondary N) is 1. The molecule has 1 nitrogen and oxygen atoms in total. The van der Waals surface area contributed by atoms with Crippen molar-refractivity contribution in [1.82, 2.24) is 5.32 Å². The van der Waals surface area contributed by atoms with Crippen LogP contribution in [0.1, 0.15) is 29.2 Å². The monoisotopic (exact) mass is 337 g/mol. The predicted molar refractivity (Wildman–Crippen MR) is 78.4 cm³/mol. The topological polar surface area (TPSA) is 12.0 Å². The molecule has 1 N–H and O–H groups in total. The average Bonchev–Trinajstić information content (AvgIpc) is 2.80. The summed E-state index contributed by atoms with van der Waals surface area (Å²) in [6, 6.07) is 10.2. The second kappa shape index (κ2) is 5.62. The molecule has 3 rings (SSSR count). The Bertz CT molecular complexity index is 642. The summed E-state index contributed by atoms with van der Waals surface area (Å²) in [5, 5.41) is 3.36. The molecule has 0 amide bonds. The number of hydrogen-bond donors (Lipinski definition) is 1. The number of rotatable bonds is 3. The molecule has 1 aliphatic rings. The molecule has 0 saturated heterocycles. The van der Waals surface area contributed by atoms with Gasteiger partial charge in [0.15, 0.2) is 0 Å². The molecular weight excluding hydrogens is 324 g/mol. The van der Waals surface area contributed by atoms with E-state index in [9.17, 15) is 8.78 Å². The highest BCUT2D eigenvalue weighted by atomic mass is 79.9. The van der Waals surface area contributed by atoms with E-state index in [1.165, 1.54) is 23.3 Å². The molecule has 0 radical (unpaired) electrons. The minimum absolute atomic E-state index is 0.238.